The number of carbonyl (C=O) groups excluding carboxylic acids is 1. The number of hydrogen-bond acceptors (Lipinski definition) is 6. The molecule has 154 valence electrons. The third-order valence-corrected chi connectivity index (χ3v) is 5.77. The Morgan fingerprint density at radius 1 is 1.46 bits per heavy atom. The maximum Gasteiger partial charge on any atom is 0.297 e. The van der Waals surface area contributed by atoms with Crippen LogP contribution >= 0.6 is 23.2 Å². The van der Waals surface area contributed by atoms with Crippen molar-refractivity contribution in [3.8, 4) is 0 Å². The SMILES string of the molecule is CO[C@H]1CN(c2ncc(C(C)(C)O)o2)CC[C@H]1NC(=O)c1[nH]c(C)c(Cl)c1Cl. The Balaban J connectivity index is 1.68. The monoisotopic (exact) mass is 430 g/mol. The van der Waals surface area contributed by atoms with Crippen molar-refractivity contribution in [2.75, 3.05) is 25.1 Å². The number of piperidine rings is 1. The van der Waals surface area contributed by atoms with Gasteiger partial charge in [-0.15, -0.1) is 0 Å². The van der Waals surface area contributed by atoms with E-state index in [2.05, 4.69) is 15.3 Å². The molecule has 0 unspecified atom stereocenters. The van der Waals surface area contributed by atoms with Crippen molar-refractivity contribution in [1.29, 1.82) is 0 Å². The first-order chi connectivity index (χ1) is 13.1. The molecule has 0 spiro atoms. The minimum Gasteiger partial charge on any atom is -0.426 e. The average molecular weight is 431 g/mol. The molecule has 0 aliphatic carbocycles. The zero-order valence-corrected chi connectivity index (χ0v) is 17.7. The van der Waals surface area contributed by atoms with E-state index in [0.29, 0.717) is 42.0 Å². The Bertz CT molecular complexity index is 858. The largest absolute Gasteiger partial charge is 0.426 e. The van der Waals surface area contributed by atoms with Gasteiger partial charge in [0.15, 0.2) is 5.76 Å². The van der Waals surface area contributed by atoms with E-state index in [1.165, 1.54) is 6.20 Å². The summed E-state index contributed by atoms with van der Waals surface area (Å²) in [5.74, 6) is 0.0569. The van der Waals surface area contributed by atoms with E-state index in [4.69, 9.17) is 32.4 Å². The van der Waals surface area contributed by atoms with Gasteiger partial charge in [0.1, 0.15) is 11.3 Å². The van der Waals surface area contributed by atoms with E-state index >= 15 is 0 Å². The minimum atomic E-state index is -1.10. The van der Waals surface area contributed by atoms with Crippen LogP contribution in [0, 0.1) is 6.92 Å². The quantitative estimate of drug-likeness (QED) is 0.673. The first-order valence-corrected chi connectivity index (χ1v) is 9.68. The number of aromatic amines is 1. The fraction of sp³-hybridized carbons (Fsp3) is 0.556. The molecule has 28 heavy (non-hydrogen) atoms. The number of aryl methyl sites for hydroxylation is 1. The van der Waals surface area contributed by atoms with Crippen molar-refractivity contribution in [2.24, 2.45) is 0 Å². The molecule has 8 nitrogen and oxygen atoms in total. The van der Waals surface area contributed by atoms with Crippen LogP contribution in [-0.4, -0.2) is 53.3 Å². The summed E-state index contributed by atoms with van der Waals surface area (Å²) in [5.41, 5.74) is -0.224. The zero-order valence-electron chi connectivity index (χ0n) is 16.2. The summed E-state index contributed by atoms with van der Waals surface area (Å²) >= 11 is 12.2. The van der Waals surface area contributed by atoms with Crippen LogP contribution in [0.1, 0.15) is 42.2 Å². The topological polar surface area (TPSA) is 104 Å². The van der Waals surface area contributed by atoms with Crippen molar-refractivity contribution in [3.05, 3.63) is 33.4 Å². The van der Waals surface area contributed by atoms with Gasteiger partial charge in [-0.3, -0.25) is 4.79 Å². The number of aliphatic hydroxyl groups is 1. The third kappa shape index (κ3) is 4.15. The van der Waals surface area contributed by atoms with Crippen LogP contribution in [0.25, 0.3) is 0 Å². The Labute approximate surface area is 173 Å². The number of nitrogens with one attached hydrogen (secondary N) is 2. The van der Waals surface area contributed by atoms with Gasteiger partial charge in [0.2, 0.25) is 0 Å². The van der Waals surface area contributed by atoms with Gasteiger partial charge in [0, 0.05) is 19.3 Å². The first kappa shape index (κ1) is 21.0. The van der Waals surface area contributed by atoms with Gasteiger partial charge in [0.25, 0.3) is 11.9 Å². The summed E-state index contributed by atoms with van der Waals surface area (Å²) in [6, 6.07) is 0.203. The number of carbonyl (C=O) groups is 1. The van der Waals surface area contributed by atoms with E-state index in [9.17, 15) is 9.90 Å². The summed E-state index contributed by atoms with van der Waals surface area (Å²) in [4.78, 5) is 21.7. The summed E-state index contributed by atoms with van der Waals surface area (Å²) in [7, 11) is 1.59. The van der Waals surface area contributed by atoms with Gasteiger partial charge in [-0.25, -0.2) is 4.98 Å². The first-order valence-electron chi connectivity index (χ1n) is 8.92. The molecule has 1 aliphatic heterocycles. The molecular formula is C18H24Cl2N4O4. The smallest absolute Gasteiger partial charge is 0.297 e. The molecule has 2 atom stereocenters. The van der Waals surface area contributed by atoms with Gasteiger partial charge >= 0.3 is 0 Å². The molecule has 2 aromatic rings. The predicted octanol–water partition coefficient (Wildman–Crippen LogP) is 2.87. The molecule has 0 saturated carbocycles. The van der Waals surface area contributed by atoms with E-state index in [0.717, 1.165) is 0 Å². The summed E-state index contributed by atoms with van der Waals surface area (Å²) < 4.78 is 11.3. The molecule has 2 aromatic heterocycles. The van der Waals surface area contributed by atoms with Gasteiger partial charge in [0.05, 0.1) is 34.9 Å². The Kier molecular flexibility index (Phi) is 5.95. The number of H-pyrrole nitrogens is 1. The summed E-state index contributed by atoms with van der Waals surface area (Å²) in [6.07, 6.45) is 1.86. The molecule has 1 amide bonds. The number of halogens is 2. The highest BCUT2D eigenvalue weighted by molar-refractivity contribution is 6.44. The third-order valence-electron chi connectivity index (χ3n) is 4.83. The molecule has 1 aliphatic rings. The standard InChI is InChI=1S/C18H24Cl2N4O4/c1-9-13(19)14(20)15(22-9)16(25)23-10-5-6-24(8-11(10)27-4)17-21-7-12(28-17)18(2,3)26/h7,10-11,22,26H,5-6,8H2,1-4H3,(H,23,25)/t10-,11+/m1/s1. The number of aromatic nitrogens is 2. The second kappa shape index (κ2) is 7.94. The van der Waals surface area contributed by atoms with Crippen molar-refractivity contribution in [3.63, 3.8) is 0 Å². The zero-order chi connectivity index (χ0) is 20.6. The Morgan fingerprint density at radius 3 is 2.71 bits per heavy atom. The van der Waals surface area contributed by atoms with E-state index < -0.39 is 5.60 Å². The van der Waals surface area contributed by atoms with Crippen molar-refractivity contribution in [1.82, 2.24) is 15.3 Å². The molecule has 3 heterocycles. The lowest BCUT2D eigenvalue weighted by Gasteiger charge is -2.37. The van der Waals surface area contributed by atoms with Crippen molar-refractivity contribution >= 4 is 35.1 Å². The lowest BCUT2D eigenvalue weighted by molar-refractivity contribution is 0.0487. The fourth-order valence-corrected chi connectivity index (χ4v) is 3.57. The van der Waals surface area contributed by atoms with Crippen LogP contribution in [0.3, 0.4) is 0 Å². The van der Waals surface area contributed by atoms with E-state index in [1.807, 2.05) is 4.90 Å². The summed E-state index contributed by atoms with van der Waals surface area (Å²) in [6.45, 7) is 6.10. The van der Waals surface area contributed by atoms with Crippen LogP contribution in [0.15, 0.2) is 10.6 Å². The number of hydrogen-bond donors (Lipinski definition) is 3. The second-order valence-corrected chi connectivity index (χ2v) is 8.16. The molecule has 0 aromatic carbocycles. The highest BCUT2D eigenvalue weighted by atomic mass is 35.5. The van der Waals surface area contributed by atoms with E-state index in [1.54, 1.807) is 27.9 Å². The fourth-order valence-electron chi connectivity index (χ4n) is 3.16. The van der Waals surface area contributed by atoms with Gasteiger partial charge < -0.3 is 29.5 Å². The minimum absolute atomic E-state index is 0.210. The molecule has 0 bridgehead atoms. The van der Waals surface area contributed by atoms with Crippen LogP contribution in [0.5, 0.6) is 0 Å². The van der Waals surface area contributed by atoms with Crippen LogP contribution in [0.4, 0.5) is 6.01 Å². The Morgan fingerprint density at radius 2 is 2.18 bits per heavy atom. The molecule has 0 radical (unpaired) electrons. The second-order valence-electron chi connectivity index (χ2n) is 7.41. The summed E-state index contributed by atoms with van der Waals surface area (Å²) in [5, 5.41) is 13.6. The lowest BCUT2D eigenvalue weighted by atomic mass is 10.0. The van der Waals surface area contributed by atoms with Crippen molar-refractivity contribution in [2.45, 2.75) is 44.9 Å². The van der Waals surface area contributed by atoms with Gasteiger partial charge in [-0.05, 0) is 27.2 Å². The highest BCUT2D eigenvalue weighted by Gasteiger charge is 2.34. The number of nitrogens with zero attached hydrogens (tertiary/aromatic N) is 2. The van der Waals surface area contributed by atoms with Crippen LogP contribution < -0.4 is 10.2 Å². The van der Waals surface area contributed by atoms with Gasteiger partial charge in [-0.2, -0.15) is 0 Å². The normalized spacial score (nSPS) is 20.5. The van der Waals surface area contributed by atoms with E-state index in [-0.39, 0.29) is 28.8 Å². The van der Waals surface area contributed by atoms with Crippen LogP contribution in [-0.2, 0) is 10.3 Å². The average Bonchev–Trinajstić information content (AvgIpc) is 3.23. The number of anilines is 1. The number of amides is 1. The lowest BCUT2D eigenvalue weighted by Crippen LogP contribution is -2.55. The number of oxazole rings is 1. The molecule has 3 rings (SSSR count). The maximum absolute atomic E-state index is 12.6. The Hall–Kier alpha value is -1.74. The highest BCUT2D eigenvalue weighted by Crippen LogP contribution is 2.30. The predicted molar refractivity (Wildman–Crippen MR) is 106 cm³/mol. The maximum atomic E-state index is 12.6. The number of methoxy groups -OCH3 is 1. The molecule has 1 saturated heterocycles. The number of ether oxygens (including phenoxy) is 1. The molecule has 1 fully saturated rings. The number of rotatable bonds is 5. The van der Waals surface area contributed by atoms with Crippen molar-refractivity contribution < 1.29 is 19.1 Å². The van der Waals surface area contributed by atoms with Gasteiger partial charge in [-0.1, -0.05) is 23.2 Å². The molecular weight excluding hydrogens is 407 g/mol. The molecule has 3 N–H and O–H groups in total. The molecule has 10 heteroatoms. The van der Waals surface area contributed by atoms with Crippen LogP contribution in [0.2, 0.25) is 10.0 Å².